The van der Waals surface area contributed by atoms with E-state index in [2.05, 4.69) is 15.3 Å². The molecule has 8 heteroatoms. The lowest BCUT2D eigenvalue weighted by atomic mass is 10.0. The summed E-state index contributed by atoms with van der Waals surface area (Å²) in [7, 11) is 1.78. The molecule has 0 saturated heterocycles. The Morgan fingerprint density at radius 1 is 1.37 bits per heavy atom. The Hall–Kier alpha value is -1.41. The molecule has 0 unspecified atom stereocenters. The predicted molar refractivity (Wildman–Crippen MR) is 64.6 cm³/mol. The van der Waals surface area contributed by atoms with E-state index in [4.69, 9.17) is 5.73 Å². The summed E-state index contributed by atoms with van der Waals surface area (Å²) in [5, 5.41) is 2.71. The number of nitrogens with zero attached hydrogens (tertiary/aromatic N) is 3. The molecule has 0 fully saturated rings. The lowest BCUT2D eigenvalue weighted by Gasteiger charge is -2.26. The smallest absolute Gasteiger partial charge is 0.353 e. The second-order valence-electron chi connectivity index (χ2n) is 4.52. The van der Waals surface area contributed by atoms with E-state index in [-0.39, 0.29) is 18.1 Å². The molecule has 1 aromatic rings. The van der Waals surface area contributed by atoms with Gasteiger partial charge in [-0.2, -0.15) is 13.2 Å². The normalized spacial score (nSPS) is 16.3. The van der Waals surface area contributed by atoms with Gasteiger partial charge in [0.2, 0.25) is 5.95 Å². The fourth-order valence-electron chi connectivity index (χ4n) is 2.05. The number of aromatic nitrogens is 2. The summed E-state index contributed by atoms with van der Waals surface area (Å²) in [6, 6.07) is 0. The third-order valence-corrected chi connectivity index (χ3v) is 2.95. The molecule has 0 atom stereocenters. The van der Waals surface area contributed by atoms with Gasteiger partial charge in [-0.25, -0.2) is 9.97 Å². The van der Waals surface area contributed by atoms with Gasteiger partial charge >= 0.3 is 6.18 Å². The zero-order valence-corrected chi connectivity index (χ0v) is 10.6. The van der Waals surface area contributed by atoms with Crippen LogP contribution >= 0.6 is 0 Å². The third kappa shape index (κ3) is 3.13. The number of hydrogen-bond donors (Lipinski definition) is 2. The molecule has 3 N–H and O–H groups in total. The minimum atomic E-state index is -4.47. The number of halogens is 3. The van der Waals surface area contributed by atoms with Crippen molar-refractivity contribution >= 4 is 5.95 Å². The van der Waals surface area contributed by atoms with Crippen LogP contribution in [0.5, 0.6) is 0 Å². The van der Waals surface area contributed by atoms with E-state index < -0.39 is 11.9 Å². The van der Waals surface area contributed by atoms with Gasteiger partial charge in [-0.05, 0) is 7.05 Å². The minimum absolute atomic E-state index is 0.000998. The van der Waals surface area contributed by atoms with Crippen LogP contribution < -0.4 is 11.1 Å². The summed E-state index contributed by atoms with van der Waals surface area (Å²) in [5.74, 6) is 0.000998. The fraction of sp³-hybridized carbons (Fsp3) is 0.636. The molecule has 0 aliphatic carbocycles. The van der Waals surface area contributed by atoms with Gasteiger partial charge in [0.25, 0.3) is 0 Å². The van der Waals surface area contributed by atoms with Crippen molar-refractivity contribution in [3.05, 3.63) is 17.0 Å². The molecule has 0 amide bonds. The van der Waals surface area contributed by atoms with Gasteiger partial charge in [-0.3, -0.25) is 0 Å². The molecule has 106 valence electrons. The highest BCUT2D eigenvalue weighted by molar-refractivity contribution is 5.37. The molecule has 19 heavy (non-hydrogen) atoms. The van der Waals surface area contributed by atoms with Crippen molar-refractivity contribution in [3.8, 4) is 0 Å². The minimum Gasteiger partial charge on any atom is -0.353 e. The molecule has 0 aromatic carbocycles. The Morgan fingerprint density at radius 3 is 2.74 bits per heavy atom. The first-order valence-electron chi connectivity index (χ1n) is 6.01. The van der Waals surface area contributed by atoms with Crippen molar-refractivity contribution in [1.29, 1.82) is 0 Å². The fourth-order valence-corrected chi connectivity index (χ4v) is 2.05. The van der Waals surface area contributed by atoms with E-state index in [0.717, 1.165) is 0 Å². The summed E-state index contributed by atoms with van der Waals surface area (Å²) >= 11 is 0. The molecule has 0 spiro atoms. The number of fused-ring (bicyclic) bond motifs is 1. The zero-order chi connectivity index (χ0) is 14.0. The summed E-state index contributed by atoms with van der Waals surface area (Å²) in [4.78, 5) is 9.58. The standard InChI is InChI=1S/C11H16F3N5/c1-19-5-2-8-7(6-19)9(11(12,13)14)18-10(17-8)16-4-3-15/h2-6,15H2,1H3,(H,16,17,18). The predicted octanol–water partition coefficient (Wildman–Crippen LogP) is 0.854. The monoisotopic (exact) mass is 275 g/mol. The van der Waals surface area contributed by atoms with E-state index in [1.807, 2.05) is 4.90 Å². The lowest BCUT2D eigenvalue weighted by Crippen LogP contribution is -2.31. The summed E-state index contributed by atoms with van der Waals surface area (Å²) in [6.45, 7) is 1.57. The first kappa shape index (κ1) is 14.0. The molecule has 1 aromatic heterocycles. The molecule has 2 rings (SSSR count). The molecular weight excluding hydrogens is 259 g/mol. The maximum atomic E-state index is 13.0. The SMILES string of the molecule is CN1CCc2nc(NCCN)nc(C(F)(F)F)c2C1. The highest BCUT2D eigenvalue weighted by Gasteiger charge is 2.38. The Kier molecular flexibility index (Phi) is 3.91. The Bertz CT molecular complexity index is 460. The Balaban J connectivity index is 2.43. The van der Waals surface area contributed by atoms with Gasteiger partial charge in [0.1, 0.15) is 0 Å². The van der Waals surface area contributed by atoms with Crippen LogP contribution in [0.2, 0.25) is 0 Å². The van der Waals surface area contributed by atoms with Crippen molar-refractivity contribution < 1.29 is 13.2 Å². The first-order valence-corrected chi connectivity index (χ1v) is 6.01. The highest BCUT2D eigenvalue weighted by Crippen LogP contribution is 2.34. The number of nitrogens with one attached hydrogen (secondary N) is 1. The lowest BCUT2D eigenvalue weighted by molar-refractivity contribution is -0.142. The average molecular weight is 275 g/mol. The second-order valence-corrected chi connectivity index (χ2v) is 4.52. The molecule has 1 aliphatic heterocycles. The van der Waals surface area contributed by atoms with Gasteiger partial charge in [-0.1, -0.05) is 0 Å². The van der Waals surface area contributed by atoms with Gasteiger partial charge in [-0.15, -0.1) is 0 Å². The summed E-state index contributed by atoms with van der Waals surface area (Å²) in [5.41, 5.74) is 5.12. The van der Waals surface area contributed by atoms with Crippen LogP contribution in [0.1, 0.15) is 17.0 Å². The maximum Gasteiger partial charge on any atom is 0.433 e. The second kappa shape index (κ2) is 5.30. The maximum absolute atomic E-state index is 13.0. The summed E-state index contributed by atoms with van der Waals surface area (Å²) < 4.78 is 39.1. The zero-order valence-electron chi connectivity index (χ0n) is 10.6. The summed E-state index contributed by atoms with van der Waals surface area (Å²) in [6.07, 6.45) is -3.97. The van der Waals surface area contributed by atoms with Crippen molar-refractivity contribution in [2.45, 2.75) is 19.1 Å². The van der Waals surface area contributed by atoms with Crippen LogP contribution in [0.4, 0.5) is 19.1 Å². The number of rotatable bonds is 3. The van der Waals surface area contributed by atoms with Crippen LogP contribution in [0, 0.1) is 0 Å². The molecule has 2 heterocycles. The van der Waals surface area contributed by atoms with Crippen molar-refractivity contribution in [1.82, 2.24) is 14.9 Å². The Morgan fingerprint density at radius 2 is 2.11 bits per heavy atom. The number of anilines is 1. The van der Waals surface area contributed by atoms with Gasteiger partial charge in [0.15, 0.2) is 5.69 Å². The topological polar surface area (TPSA) is 67.1 Å². The van der Waals surface area contributed by atoms with E-state index in [0.29, 0.717) is 31.7 Å². The van der Waals surface area contributed by atoms with Crippen molar-refractivity contribution in [2.24, 2.45) is 5.73 Å². The Labute approximate surface area is 109 Å². The number of likely N-dealkylation sites (N-methyl/N-ethyl adjacent to an activating group) is 1. The number of nitrogens with two attached hydrogens (primary N) is 1. The van der Waals surface area contributed by atoms with E-state index in [1.54, 1.807) is 7.05 Å². The quantitative estimate of drug-likeness (QED) is 0.856. The van der Waals surface area contributed by atoms with Gasteiger partial charge in [0.05, 0.1) is 5.69 Å². The first-order chi connectivity index (χ1) is 8.91. The molecule has 0 bridgehead atoms. The molecule has 0 saturated carbocycles. The van der Waals surface area contributed by atoms with E-state index in [1.165, 1.54) is 0 Å². The van der Waals surface area contributed by atoms with Crippen LogP contribution in [0.25, 0.3) is 0 Å². The van der Waals surface area contributed by atoms with Crippen molar-refractivity contribution in [3.63, 3.8) is 0 Å². The molecule has 1 aliphatic rings. The van der Waals surface area contributed by atoms with E-state index in [9.17, 15) is 13.2 Å². The molecular formula is C11H16F3N5. The van der Waals surface area contributed by atoms with E-state index >= 15 is 0 Å². The average Bonchev–Trinajstić information content (AvgIpc) is 2.34. The molecule has 0 radical (unpaired) electrons. The number of hydrogen-bond acceptors (Lipinski definition) is 5. The van der Waals surface area contributed by atoms with Crippen LogP contribution in [-0.2, 0) is 19.1 Å². The van der Waals surface area contributed by atoms with Crippen LogP contribution in [0.3, 0.4) is 0 Å². The molecule has 5 nitrogen and oxygen atoms in total. The highest BCUT2D eigenvalue weighted by atomic mass is 19.4. The van der Waals surface area contributed by atoms with Gasteiger partial charge in [0, 0.05) is 38.2 Å². The number of alkyl halides is 3. The van der Waals surface area contributed by atoms with Crippen LogP contribution in [-0.4, -0.2) is 41.5 Å². The van der Waals surface area contributed by atoms with Crippen molar-refractivity contribution in [2.75, 3.05) is 32.0 Å². The van der Waals surface area contributed by atoms with Gasteiger partial charge < -0.3 is 16.0 Å². The third-order valence-electron chi connectivity index (χ3n) is 2.95. The van der Waals surface area contributed by atoms with Crippen LogP contribution in [0.15, 0.2) is 0 Å². The largest absolute Gasteiger partial charge is 0.433 e.